The molecule has 0 aliphatic heterocycles. The quantitative estimate of drug-likeness (QED) is 0.659. The number of esters is 1. The molecular weight excluding hydrogens is 340 g/mol. The molecule has 0 aromatic heterocycles. The number of benzene rings is 2. The molecule has 1 amide bonds. The van der Waals surface area contributed by atoms with Crippen LogP contribution in [0.4, 0.5) is 8.78 Å². The Labute approximate surface area is 142 Å². The molecule has 2 aromatic carbocycles. The van der Waals surface area contributed by atoms with Crippen LogP contribution in [-0.4, -0.2) is 18.5 Å². The van der Waals surface area contributed by atoms with Gasteiger partial charge in [-0.05, 0) is 24.6 Å². The molecule has 4 nitrogen and oxygen atoms in total. The van der Waals surface area contributed by atoms with Crippen molar-refractivity contribution < 1.29 is 23.1 Å². The van der Waals surface area contributed by atoms with Crippen LogP contribution in [0.5, 0.6) is 0 Å². The minimum atomic E-state index is -1.23. The fraction of sp³-hybridized carbons (Fsp3) is 0.176. The average Bonchev–Trinajstić information content (AvgIpc) is 2.56. The Morgan fingerprint density at radius 2 is 1.79 bits per heavy atom. The van der Waals surface area contributed by atoms with Crippen molar-refractivity contribution in [2.75, 3.05) is 6.61 Å². The highest BCUT2D eigenvalue weighted by atomic mass is 35.5. The van der Waals surface area contributed by atoms with Gasteiger partial charge in [-0.1, -0.05) is 41.9 Å². The Bertz CT molecular complexity index is 753. The van der Waals surface area contributed by atoms with E-state index in [1.165, 1.54) is 0 Å². The molecule has 0 saturated carbocycles. The smallest absolute Gasteiger partial charge is 0.340 e. The first-order chi connectivity index (χ1) is 11.4. The molecule has 0 aliphatic rings. The van der Waals surface area contributed by atoms with Gasteiger partial charge in [0.15, 0.2) is 18.2 Å². The maximum Gasteiger partial charge on any atom is 0.340 e. The Balaban J connectivity index is 1.92. The summed E-state index contributed by atoms with van der Waals surface area (Å²) in [6, 6.07) is 10.2. The van der Waals surface area contributed by atoms with Gasteiger partial charge in [0.1, 0.15) is 0 Å². The molecule has 0 heterocycles. The lowest BCUT2D eigenvalue weighted by atomic mass is 10.1. The van der Waals surface area contributed by atoms with Crippen LogP contribution in [0.3, 0.4) is 0 Å². The lowest BCUT2D eigenvalue weighted by Gasteiger charge is -2.14. The van der Waals surface area contributed by atoms with E-state index in [9.17, 15) is 18.4 Å². The Morgan fingerprint density at radius 1 is 1.17 bits per heavy atom. The summed E-state index contributed by atoms with van der Waals surface area (Å²) in [6.45, 7) is 1.21. The number of halogens is 3. The highest BCUT2D eigenvalue weighted by Gasteiger charge is 2.18. The summed E-state index contributed by atoms with van der Waals surface area (Å²) in [6.07, 6.45) is 0. The molecule has 2 rings (SSSR count). The van der Waals surface area contributed by atoms with Crippen LogP contribution in [0.1, 0.15) is 28.9 Å². The normalized spacial score (nSPS) is 11.7. The first kappa shape index (κ1) is 17.9. The minimum Gasteiger partial charge on any atom is -0.452 e. The SMILES string of the molecule is CC(NC(=O)COC(=O)c1cc(F)c(F)cc1Cl)c1ccccc1. The van der Waals surface area contributed by atoms with Gasteiger partial charge in [-0.3, -0.25) is 4.79 Å². The van der Waals surface area contributed by atoms with E-state index < -0.39 is 30.1 Å². The van der Waals surface area contributed by atoms with Crippen molar-refractivity contribution in [1.82, 2.24) is 5.32 Å². The van der Waals surface area contributed by atoms with Gasteiger partial charge in [0, 0.05) is 0 Å². The van der Waals surface area contributed by atoms with Gasteiger partial charge >= 0.3 is 5.97 Å². The van der Waals surface area contributed by atoms with Crippen LogP contribution in [0.2, 0.25) is 5.02 Å². The first-order valence-corrected chi connectivity index (χ1v) is 7.42. The Morgan fingerprint density at radius 3 is 2.46 bits per heavy atom. The van der Waals surface area contributed by atoms with Gasteiger partial charge in [-0.15, -0.1) is 0 Å². The molecule has 126 valence electrons. The van der Waals surface area contributed by atoms with E-state index in [1.807, 2.05) is 30.3 Å². The molecule has 0 fully saturated rings. The predicted molar refractivity (Wildman–Crippen MR) is 84.7 cm³/mol. The number of hydrogen-bond acceptors (Lipinski definition) is 3. The van der Waals surface area contributed by atoms with Gasteiger partial charge in [0.05, 0.1) is 16.6 Å². The monoisotopic (exact) mass is 353 g/mol. The molecule has 2 aromatic rings. The van der Waals surface area contributed by atoms with Crippen LogP contribution in [0.25, 0.3) is 0 Å². The van der Waals surface area contributed by atoms with Crippen molar-refractivity contribution in [2.45, 2.75) is 13.0 Å². The lowest BCUT2D eigenvalue weighted by Crippen LogP contribution is -2.31. The topological polar surface area (TPSA) is 55.4 Å². The van der Waals surface area contributed by atoms with E-state index in [0.717, 1.165) is 5.56 Å². The molecule has 0 spiro atoms. The van der Waals surface area contributed by atoms with Crippen LogP contribution in [0.15, 0.2) is 42.5 Å². The first-order valence-electron chi connectivity index (χ1n) is 7.04. The van der Waals surface area contributed by atoms with Gasteiger partial charge in [0.2, 0.25) is 0 Å². The van der Waals surface area contributed by atoms with Gasteiger partial charge in [0.25, 0.3) is 5.91 Å². The molecule has 1 unspecified atom stereocenters. The summed E-state index contributed by atoms with van der Waals surface area (Å²) in [4.78, 5) is 23.6. The summed E-state index contributed by atoms with van der Waals surface area (Å²) in [5, 5.41) is 2.36. The van der Waals surface area contributed by atoms with Crippen molar-refractivity contribution in [2.24, 2.45) is 0 Å². The van der Waals surface area contributed by atoms with Crippen LogP contribution in [0, 0.1) is 11.6 Å². The zero-order chi connectivity index (χ0) is 17.7. The van der Waals surface area contributed by atoms with E-state index in [-0.39, 0.29) is 16.6 Å². The molecule has 0 radical (unpaired) electrons. The van der Waals surface area contributed by atoms with Gasteiger partial charge in [-0.2, -0.15) is 0 Å². The summed E-state index contributed by atoms with van der Waals surface area (Å²) in [5.74, 6) is -3.95. The second-order valence-electron chi connectivity index (χ2n) is 5.02. The third-order valence-electron chi connectivity index (χ3n) is 3.24. The zero-order valence-corrected chi connectivity index (χ0v) is 13.4. The van der Waals surface area contributed by atoms with E-state index in [4.69, 9.17) is 16.3 Å². The molecule has 7 heteroatoms. The van der Waals surface area contributed by atoms with Gasteiger partial charge in [-0.25, -0.2) is 13.6 Å². The summed E-state index contributed by atoms with van der Waals surface area (Å²) >= 11 is 5.67. The average molecular weight is 354 g/mol. The van der Waals surface area contributed by atoms with Crippen molar-refractivity contribution in [3.63, 3.8) is 0 Å². The van der Waals surface area contributed by atoms with E-state index in [0.29, 0.717) is 12.1 Å². The molecule has 1 N–H and O–H groups in total. The molecule has 24 heavy (non-hydrogen) atoms. The van der Waals surface area contributed by atoms with Crippen molar-refractivity contribution in [1.29, 1.82) is 0 Å². The Kier molecular flexibility index (Phi) is 5.87. The fourth-order valence-corrected chi connectivity index (χ4v) is 2.22. The molecule has 0 aliphatic carbocycles. The number of nitrogens with one attached hydrogen (secondary N) is 1. The number of amides is 1. The largest absolute Gasteiger partial charge is 0.452 e. The standard InChI is InChI=1S/C17H14ClF2NO3/c1-10(11-5-3-2-4-6-11)21-16(22)9-24-17(23)12-7-14(19)15(20)8-13(12)18/h2-8,10H,9H2,1H3,(H,21,22). The molecule has 1 atom stereocenters. The maximum atomic E-state index is 13.2. The molecular formula is C17H14ClF2NO3. The summed E-state index contributed by atoms with van der Waals surface area (Å²) in [5.41, 5.74) is 0.542. The van der Waals surface area contributed by atoms with Crippen molar-refractivity contribution in [3.8, 4) is 0 Å². The third-order valence-corrected chi connectivity index (χ3v) is 3.55. The third kappa shape index (κ3) is 4.52. The van der Waals surface area contributed by atoms with Crippen molar-refractivity contribution in [3.05, 3.63) is 70.2 Å². The number of hydrogen-bond donors (Lipinski definition) is 1. The molecule has 0 bridgehead atoms. The van der Waals surface area contributed by atoms with Crippen molar-refractivity contribution >= 4 is 23.5 Å². The van der Waals surface area contributed by atoms with Gasteiger partial charge < -0.3 is 10.1 Å². The molecule has 0 saturated heterocycles. The predicted octanol–water partition coefficient (Wildman–Crippen LogP) is 3.65. The number of carbonyl (C=O) groups is 2. The number of carbonyl (C=O) groups excluding carboxylic acids is 2. The second-order valence-corrected chi connectivity index (χ2v) is 5.43. The number of ether oxygens (including phenoxy) is 1. The van der Waals surface area contributed by atoms with Crippen LogP contribution < -0.4 is 5.32 Å². The fourth-order valence-electron chi connectivity index (χ4n) is 2.00. The second kappa shape index (κ2) is 7.88. The maximum absolute atomic E-state index is 13.2. The van der Waals surface area contributed by atoms with Crippen LogP contribution >= 0.6 is 11.6 Å². The lowest BCUT2D eigenvalue weighted by molar-refractivity contribution is -0.124. The Hall–Kier alpha value is -2.47. The highest BCUT2D eigenvalue weighted by molar-refractivity contribution is 6.33. The highest BCUT2D eigenvalue weighted by Crippen LogP contribution is 2.20. The zero-order valence-electron chi connectivity index (χ0n) is 12.7. The summed E-state index contributed by atoms with van der Waals surface area (Å²) < 4.78 is 30.9. The number of rotatable bonds is 5. The van der Waals surface area contributed by atoms with E-state index in [1.54, 1.807) is 6.92 Å². The van der Waals surface area contributed by atoms with Crippen LogP contribution in [-0.2, 0) is 9.53 Å². The van der Waals surface area contributed by atoms with E-state index in [2.05, 4.69) is 5.32 Å². The summed E-state index contributed by atoms with van der Waals surface area (Å²) in [7, 11) is 0. The van der Waals surface area contributed by atoms with E-state index >= 15 is 0 Å². The minimum absolute atomic E-state index is 0.274.